The monoisotopic (exact) mass is 857 g/mol. The van der Waals surface area contributed by atoms with Gasteiger partial charge in [-0.05, 0) is 51.0 Å². The summed E-state index contributed by atoms with van der Waals surface area (Å²) in [6, 6.07) is 0. The van der Waals surface area contributed by atoms with Gasteiger partial charge in [0.1, 0.15) is 19.8 Å². The van der Waals surface area contributed by atoms with Crippen molar-refractivity contribution in [1.29, 1.82) is 0 Å². The Bertz CT molecular complexity index is 998. The molecule has 59 heavy (non-hydrogen) atoms. The van der Waals surface area contributed by atoms with Gasteiger partial charge in [0, 0.05) is 6.42 Å². The van der Waals surface area contributed by atoms with Crippen LogP contribution in [0.15, 0.2) is 24.5 Å². The predicted octanol–water partition coefficient (Wildman–Crippen LogP) is 15.5. The lowest BCUT2D eigenvalue weighted by atomic mass is 10.0. The number of allylic oxidation sites excluding steroid dienone is 3. The maximum absolute atomic E-state index is 12.5. The Morgan fingerprint density at radius 2 is 0.898 bits per heavy atom. The lowest BCUT2D eigenvalue weighted by Gasteiger charge is -2.24. The standard InChI is InChI=1S/C50H98NO7P/c1-6-8-10-12-14-16-18-20-22-24-25-26-27-28-29-31-33-35-37-39-41-43-50(52)56-47-49(48-58-59(53,54)57-46-44-51(3,4)5)55-45-42-40-38-36-34-32-30-23-21-19-17-15-13-11-9-7-2/h21,23,42,45,49H,6-20,22,24-41,43-44,46-48H2,1-5H3/p+1/b23-21-,45-42-. The van der Waals surface area contributed by atoms with E-state index in [1.165, 1.54) is 173 Å². The molecule has 1 N–H and O–H groups in total. The van der Waals surface area contributed by atoms with Gasteiger partial charge >= 0.3 is 13.8 Å². The molecule has 0 aliphatic rings. The molecule has 350 valence electrons. The molecule has 0 amide bonds. The maximum atomic E-state index is 12.5. The molecule has 2 atom stereocenters. The van der Waals surface area contributed by atoms with Crippen LogP contribution >= 0.6 is 7.82 Å². The Morgan fingerprint density at radius 3 is 1.31 bits per heavy atom. The van der Waals surface area contributed by atoms with E-state index >= 15 is 0 Å². The van der Waals surface area contributed by atoms with E-state index in [1.54, 1.807) is 6.26 Å². The number of likely N-dealkylation sites (N-methyl/N-ethyl adjacent to an activating group) is 1. The summed E-state index contributed by atoms with van der Waals surface area (Å²) in [6.07, 6.45) is 51.8. The highest BCUT2D eigenvalue weighted by molar-refractivity contribution is 7.47. The SMILES string of the molecule is CCCCCCCC/C=C\CCCCCC/C=C\OC(COC(=O)CCCCCCCCCCCCCCCCCCCCCCC)COP(=O)(O)OCC[N+](C)(C)C. The Balaban J connectivity index is 4.15. The van der Waals surface area contributed by atoms with Gasteiger partial charge in [-0.3, -0.25) is 13.8 Å². The number of phosphoric acid groups is 1. The molecular formula is C50H99NO7P+. The van der Waals surface area contributed by atoms with E-state index in [4.69, 9.17) is 18.5 Å². The van der Waals surface area contributed by atoms with Crippen molar-refractivity contribution in [3.8, 4) is 0 Å². The Kier molecular flexibility index (Phi) is 42.6. The normalized spacial score (nSPS) is 13.7. The van der Waals surface area contributed by atoms with Gasteiger partial charge in [0.2, 0.25) is 0 Å². The molecule has 9 heteroatoms. The molecule has 0 radical (unpaired) electrons. The summed E-state index contributed by atoms with van der Waals surface area (Å²) in [7, 11) is 1.68. The number of hydrogen-bond donors (Lipinski definition) is 1. The first-order valence-corrected chi connectivity index (χ1v) is 26.6. The van der Waals surface area contributed by atoms with Crippen molar-refractivity contribution in [3.63, 3.8) is 0 Å². The molecule has 0 rings (SSSR count). The Hall–Kier alpha value is -1.18. The average Bonchev–Trinajstić information content (AvgIpc) is 3.19. The number of quaternary nitrogens is 1. The van der Waals surface area contributed by atoms with Gasteiger partial charge in [0.05, 0.1) is 34.0 Å². The number of nitrogens with zero attached hydrogens (tertiary/aromatic N) is 1. The van der Waals surface area contributed by atoms with E-state index in [0.29, 0.717) is 17.4 Å². The van der Waals surface area contributed by atoms with E-state index in [1.807, 2.05) is 27.2 Å². The highest BCUT2D eigenvalue weighted by atomic mass is 31.2. The van der Waals surface area contributed by atoms with Crippen LogP contribution in [0.2, 0.25) is 0 Å². The van der Waals surface area contributed by atoms with Crippen molar-refractivity contribution < 1.29 is 37.3 Å². The van der Waals surface area contributed by atoms with Crippen LogP contribution in [0.1, 0.15) is 239 Å². The molecular weight excluding hydrogens is 758 g/mol. The van der Waals surface area contributed by atoms with Gasteiger partial charge in [-0.1, -0.05) is 199 Å². The summed E-state index contributed by atoms with van der Waals surface area (Å²) in [5.74, 6) is -0.274. The van der Waals surface area contributed by atoms with Crippen molar-refractivity contribution >= 4 is 13.8 Å². The molecule has 0 aliphatic carbocycles. The summed E-state index contributed by atoms with van der Waals surface area (Å²) >= 11 is 0. The fourth-order valence-corrected chi connectivity index (χ4v) is 7.86. The zero-order valence-electron chi connectivity index (χ0n) is 39.8. The van der Waals surface area contributed by atoms with Crippen LogP contribution in [0.4, 0.5) is 0 Å². The molecule has 0 aromatic heterocycles. The summed E-state index contributed by atoms with van der Waals surface area (Å²) in [5, 5.41) is 0. The van der Waals surface area contributed by atoms with E-state index in [-0.39, 0.29) is 25.8 Å². The number of hydrogen-bond acceptors (Lipinski definition) is 6. The quantitative estimate of drug-likeness (QED) is 0.0163. The molecule has 0 aliphatic heterocycles. The van der Waals surface area contributed by atoms with Gasteiger partial charge in [0.25, 0.3) is 0 Å². The maximum Gasteiger partial charge on any atom is 0.472 e. The van der Waals surface area contributed by atoms with Crippen molar-refractivity contribution in [2.24, 2.45) is 0 Å². The molecule has 0 aromatic rings. The zero-order valence-corrected chi connectivity index (χ0v) is 40.6. The second-order valence-electron chi connectivity index (χ2n) is 18.3. The lowest BCUT2D eigenvalue weighted by molar-refractivity contribution is -0.870. The van der Waals surface area contributed by atoms with Gasteiger partial charge in [-0.2, -0.15) is 0 Å². The summed E-state index contributed by atoms with van der Waals surface area (Å²) in [5.41, 5.74) is 0. The first-order valence-electron chi connectivity index (χ1n) is 25.1. The lowest BCUT2D eigenvalue weighted by Crippen LogP contribution is -2.37. The van der Waals surface area contributed by atoms with E-state index in [0.717, 1.165) is 44.9 Å². The Morgan fingerprint density at radius 1 is 0.525 bits per heavy atom. The minimum Gasteiger partial charge on any atom is -0.492 e. The molecule has 8 nitrogen and oxygen atoms in total. The highest BCUT2D eigenvalue weighted by Crippen LogP contribution is 2.43. The van der Waals surface area contributed by atoms with E-state index < -0.39 is 13.9 Å². The molecule has 0 spiro atoms. The molecule has 0 saturated heterocycles. The smallest absolute Gasteiger partial charge is 0.472 e. The first kappa shape index (κ1) is 57.8. The fourth-order valence-electron chi connectivity index (χ4n) is 7.12. The van der Waals surface area contributed by atoms with E-state index in [9.17, 15) is 14.3 Å². The summed E-state index contributed by atoms with van der Waals surface area (Å²) in [4.78, 5) is 22.8. The largest absolute Gasteiger partial charge is 0.492 e. The zero-order chi connectivity index (χ0) is 43.4. The molecule has 0 saturated carbocycles. The number of esters is 1. The third-order valence-electron chi connectivity index (χ3n) is 11.1. The van der Waals surface area contributed by atoms with Crippen LogP contribution in [0.5, 0.6) is 0 Å². The summed E-state index contributed by atoms with van der Waals surface area (Å²) in [6.45, 7) is 4.93. The number of carbonyl (C=O) groups excluding carboxylic acids is 1. The molecule has 0 aromatic carbocycles. The van der Waals surface area contributed by atoms with E-state index in [2.05, 4.69) is 26.0 Å². The van der Waals surface area contributed by atoms with Gasteiger partial charge in [-0.25, -0.2) is 4.57 Å². The number of carbonyl (C=O) groups is 1. The minimum atomic E-state index is -4.27. The summed E-state index contributed by atoms with van der Waals surface area (Å²) < 4.78 is 34.9. The average molecular weight is 857 g/mol. The number of ether oxygens (including phenoxy) is 2. The molecule has 0 heterocycles. The predicted molar refractivity (Wildman–Crippen MR) is 252 cm³/mol. The van der Waals surface area contributed by atoms with Gasteiger partial charge in [0.15, 0.2) is 6.10 Å². The second-order valence-corrected chi connectivity index (χ2v) is 19.7. The first-order chi connectivity index (χ1) is 28.6. The van der Waals surface area contributed by atoms with Crippen molar-refractivity contribution in [2.75, 3.05) is 47.5 Å². The Labute approximate surface area is 366 Å². The van der Waals surface area contributed by atoms with Gasteiger partial charge in [-0.15, -0.1) is 0 Å². The fraction of sp³-hybridized carbons (Fsp3) is 0.900. The third kappa shape index (κ3) is 47.7. The van der Waals surface area contributed by atoms with Crippen molar-refractivity contribution in [2.45, 2.75) is 245 Å². The second kappa shape index (κ2) is 43.5. The van der Waals surface area contributed by atoms with Crippen molar-refractivity contribution in [1.82, 2.24) is 0 Å². The number of rotatable bonds is 47. The molecule has 0 fully saturated rings. The highest BCUT2D eigenvalue weighted by Gasteiger charge is 2.25. The molecule has 0 bridgehead atoms. The minimum absolute atomic E-state index is 0.0479. The van der Waals surface area contributed by atoms with Gasteiger partial charge < -0.3 is 18.9 Å². The topological polar surface area (TPSA) is 91.3 Å². The number of phosphoric ester groups is 1. The van der Waals surface area contributed by atoms with Crippen LogP contribution in [0.3, 0.4) is 0 Å². The van der Waals surface area contributed by atoms with Crippen LogP contribution < -0.4 is 0 Å². The van der Waals surface area contributed by atoms with Crippen LogP contribution in [0.25, 0.3) is 0 Å². The molecule has 2 unspecified atom stereocenters. The van der Waals surface area contributed by atoms with Crippen LogP contribution in [-0.4, -0.2) is 69.0 Å². The van der Waals surface area contributed by atoms with Crippen molar-refractivity contribution in [3.05, 3.63) is 24.5 Å². The third-order valence-corrected chi connectivity index (χ3v) is 12.1. The van der Waals surface area contributed by atoms with Crippen LogP contribution in [-0.2, 0) is 27.9 Å². The van der Waals surface area contributed by atoms with Crippen LogP contribution in [0, 0.1) is 0 Å². The number of unbranched alkanes of at least 4 members (excludes halogenated alkanes) is 31.